The quantitative estimate of drug-likeness (QED) is 0.0442. The molecule has 0 saturated heterocycles. The topological polar surface area (TPSA) is 105 Å². The van der Waals surface area contributed by atoms with Crippen LogP contribution in [0.25, 0.3) is 11.6 Å². The highest BCUT2D eigenvalue weighted by Gasteiger charge is 2.14. The Balaban J connectivity index is 2.30. The minimum absolute atomic E-state index is 0.266. The van der Waals surface area contributed by atoms with E-state index in [2.05, 4.69) is 19.7 Å². The molecule has 2 rings (SSSR count). The molecule has 0 bridgehead atoms. The van der Waals surface area contributed by atoms with Crippen LogP contribution in [-0.2, 0) is 41.5 Å². The zero-order chi connectivity index (χ0) is 32.6. The van der Waals surface area contributed by atoms with Gasteiger partial charge in [0.2, 0.25) is 0 Å². The molecule has 0 aliphatic carbocycles. The van der Waals surface area contributed by atoms with Gasteiger partial charge in [-0.15, -0.1) is 0 Å². The zero-order valence-electron chi connectivity index (χ0n) is 26.2. The molecule has 0 unspecified atom stereocenters. The molecule has 0 aromatic heterocycles. The summed E-state index contributed by atoms with van der Waals surface area (Å²) in [6, 6.07) is 11.1. The van der Waals surface area contributed by atoms with Gasteiger partial charge in [-0.1, -0.05) is 37.9 Å². The van der Waals surface area contributed by atoms with Crippen LogP contribution < -0.4 is 9.47 Å². The Labute approximate surface area is 260 Å². The lowest BCUT2D eigenvalue weighted by atomic mass is 9.95. The SMILES string of the molecule is C=C(C)C(=O)OCCCCc1cc(/C=C(\C)c2ccc(OC(=O)C(=C)C)cc2)c(OC=O)c(CCCCOC(=O)C(=C)C)c1. The second-order valence-corrected chi connectivity index (χ2v) is 10.7. The second kappa shape index (κ2) is 18.1. The van der Waals surface area contributed by atoms with Crippen LogP contribution in [0.3, 0.4) is 0 Å². The second-order valence-electron chi connectivity index (χ2n) is 10.7. The molecule has 2 aromatic carbocycles. The molecule has 0 atom stereocenters. The van der Waals surface area contributed by atoms with E-state index in [9.17, 15) is 19.2 Å². The number of unbranched alkanes of at least 4 members (excludes halogenated alkanes) is 2. The summed E-state index contributed by atoms with van der Waals surface area (Å²) in [7, 11) is 0. The number of carbonyl (C=O) groups is 4. The average molecular weight is 603 g/mol. The third-order valence-corrected chi connectivity index (χ3v) is 6.52. The highest BCUT2D eigenvalue weighted by atomic mass is 16.5. The van der Waals surface area contributed by atoms with Gasteiger partial charge < -0.3 is 18.9 Å². The van der Waals surface area contributed by atoms with Gasteiger partial charge in [0.1, 0.15) is 11.5 Å². The summed E-state index contributed by atoms with van der Waals surface area (Å²) in [5.74, 6) is -0.443. The van der Waals surface area contributed by atoms with Gasteiger partial charge in [-0.2, -0.15) is 0 Å². The van der Waals surface area contributed by atoms with Gasteiger partial charge in [0.25, 0.3) is 6.47 Å². The van der Waals surface area contributed by atoms with Crippen molar-refractivity contribution in [3.05, 3.63) is 95.1 Å². The molecule has 44 heavy (non-hydrogen) atoms. The van der Waals surface area contributed by atoms with E-state index in [0.717, 1.165) is 40.7 Å². The first-order valence-corrected chi connectivity index (χ1v) is 14.5. The Morgan fingerprint density at radius 2 is 1.27 bits per heavy atom. The Kier molecular flexibility index (Phi) is 14.6. The van der Waals surface area contributed by atoms with E-state index < -0.39 is 17.9 Å². The maximum Gasteiger partial charge on any atom is 0.338 e. The molecule has 234 valence electrons. The first-order valence-electron chi connectivity index (χ1n) is 14.5. The van der Waals surface area contributed by atoms with Crippen molar-refractivity contribution in [3.8, 4) is 11.5 Å². The molecule has 0 radical (unpaired) electrons. The molecule has 0 saturated carbocycles. The molecule has 8 heteroatoms. The van der Waals surface area contributed by atoms with Gasteiger partial charge in [0, 0.05) is 22.3 Å². The molecule has 0 fully saturated rings. The number of esters is 3. The van der Waals surface area contributed by atoms with E-state index in [1.165, 1.54) is 0 Å². The largest absolute Gasteiger partial charge is 0.462 e. The molecule has 8 nitrogen and oxygen atoms in total. The van der Waals surface area contributed by atoms with Crippen molar-refractivity contribution < 1.29 is 38.1 Å². The van der Waals surface area contributed by atoms with Crippen molar-refractivity contribution in [2.24, 2.45) is 0 Å². The van der Waals surface area contributed by atoms with Crippen LogP contribution in [0, 0.1) is 0 Å². The van der Waals surface area contributed by atoms with Gasteiger partial charge >= 0.3 is 17.9 Å². The van der Waals surface area contributed by atoms with Crippen molar-refractivity contribution in [2.75, 3.05) is 13.2 Å². The van der Waals surface area contributed by atoms with Crippen molar-refractivity contribution in [1.29, 1.82) is 0 Å². The Hall–Kier alpha value is -4.72. The number of carbonyl (C=O) groups excluding carboxylic acids is 4. The van der Waals surface area contributed by atoms with Crippen molar-refractivity contribution >= 4 is 36.0 Å². The van der Waals surface area contributed by atoms with Crippen LogP contribution in [-0.4, -0.2) is 37.6 Å². The van der Waals surface area contributed by atoms with Crippen LogP contribution in [0.15, 0.2) is 72.9 Å². The predicted molar refractivity (Wildman–Crippen MR) is 171 cm³/mol. The summed E-state index contributed by atoms with van der Waals surface area (Å²) in [5.41, 5.74) is 5.46. The van der Waals surface area contributed by atoms with Crippen molar-refractivity contribution in [2.45, 2.75) is 66.2 Å². The summed E-state index contributed by atoms with van der Waals surface area (Å²) >= 11 is 0. The Bertz CT molecular complexity index is 1410. The molecular formula is C36H42O8. The number of rotatable bonds is 18. The predicted octanol–water partition coefficient (Wildman–Crippen LogP) is 7.15. The maximum absolute atomic E-state index is 11.8. The lowest BCUT2D eigenvalue weighted by Crippen LogP contribution is -2.07. The van der Waals surface area contributed by atoms with Gasteiger partial charge in [-0.05, 0) is 113 Å². The molecule has 0 N–H and O–H groups in total. The van der Waals surface area contributed by atoms with E-state index in [0.29, 0.717) is 67.0 Å². The maximum atomic E-state index is 11.8. The number of benzene rings is 2. The van der Waals surface area contributed by atoms with Gasteiger partial charge in [-0.3, -0.25) is 4.79 Å². The van der Waals surface area contributed by atoms with Gasteiger partial charge in [0.05, 0.1) is 13.2 Å². The average Bonchev–Trinajstić information content (AvgIpc) is 2.98. The number of hydrogen-bond donors (Lipinski definition) is 0. The van der Waals surface area contributed by atoms with Crippen LogP contribution in [0.1, 0.15) is 75.6 Å². The standard InChI is InChI=1S/C36H42O8/c1-24(2)34(38)41-18-10-8-12-28-21-30(13-9-11-19-42-35(39)25(3)4)33(43-23-37)31(22-28)20-27(7)29-14-16-32(17-15-29)44-36(40)26(5)6/h14-17,20-23H,1,3,5,8-13,18-19H2,2,4,6-7H3/b27-20+. The van der Waals surface area contributed by atoms with E-state index in [-0.39, 0.29) is 6.61 Å². The third kappa shape index (κ3) is 11.9. The summed E-state index contributed by atoms with van der Waals surface area (Å²) in [5, 5.41) is 0. The summed E-state index contributed by atoms with van der Waals surface area (Å²) in [6.45, 7) is 18.5. The van der Waals surface area contributed by atoms with Gasteiger partial charge in [-0.25, -0.2) is 14.4 Å². The highest BCUT2D eigenvalue weighted by Crippen LogP contribution is 2.32. The number of allylic oxidation sites excluding steroid dienone is 1. The fourth-order valence-corrected chi connectivity index (χ4v) is 4.13. The molecule has 0 heterocycles. The van der Waals surface area contributed by atoms with Crippen molar-refractivity contribution in [1.82, 2.24) is 0 Å². The Morgan fingerprint density at radius 1 is 0.727 bits per heavy atom. The molecule has 0 amide bonds. The third-order valence-electron chi connectivity index (χ3n) is 6.52. The van der Waals surface area contributed by atoms with E-state index >= 15 is 0 Å². The number of hydrogen-bond acceptors (Lipinski definition) is 8. The first kappa shape index (κ1) is 35.5. The fourth-order valence-electron chi connectivity index (χ4n) is 4.13. The highest BCUT2D eigenvalue weighted by molar-refractivity contribution is 5.89. The van der Waals surface area contributed by atoms with Gasteiger partial charge in [0.15, 0.2) is 0 Å². The molecule has 0 aliphatic rings. The number of ether oxygens (including phenoxy) is 4. The molecule has 0 aliphatic heterocycles. The minimum atomic E-state index is -0.493. The smallest absolute Gasteiger partial charge is 0.338 e. The summed E-state index contributed by atoms with van der Waals surface area (Å²) in [4.78, 5) is 46.8. The monoisotopic (exact) mass is 602 g/mol. The Morgan fingerprint density at radius 3 is 1.80 bits per heavy atom. The van der Waals surface area contributed by atoms with E-state index in [4.69, 9.17) is 18.9 Å². The molecule has 0 spiro atoms. The molecular weight excluding hydrogens is 560 g/mol. The van der Waals surface area contributed by atoms with E-state index in [1.54, 1.807) is 32.9 Å². The zero-order valence-corrected chi connectivity index (χ0v) is 26.2. The normalized spacial score (nSPS) is 10.9. The fraction of sp³-hybridized carbons (Fsp3) is 0.333. The lowest BCUT2D eigenvalue weighted by Gasteiger charge is -2.15. The van der Waals surface area contributed by atoms with Crippen LogP contribution in [0.2, 0.25) is 0 Å². The minimum Gasteiger partial charge on any atom is -0.462 e. The first-order chi connectivity index (χ1) is 20.9. The molecule has 2 aromatic rings. The summed E-state index contributed by atoms with van der Waals surface area (Å²) in [6.07, 6.45) is 6.06. The summed E-state index contributed by atoms with van der Waals surface area (Å²) < 4.78 is 21.2. The van der Waals surface area contributed by atoms with Crippen molar-refractivity contribution in [3.63, 3.8) is 0 Å². The van der Waals surface area contributed by atoms with Crippen LogP contribution in [0.4, 0.5) is 0 Å². The van der Waals surface area contributed by atoms with E-state index in [1.807, 2.05) is 37.3 Å². The number of aryl methyl sites for hydroxylation is 2. The van der Waals surface area contributed by atoms with Crippen LogP contribution in [0.5, 0.6) is 11.5 Å². The lowest BCUT2D eigenvalue weighted by molar-refractivity contribution is -0.139. The van der Waals surface area contributed by atoms with Crippen LogP contribution >= 0.6 is 0 Å².